The molecule has 0 aromatic carbocycles. The molecule has 1 amide bonds. The highest BCUT2D eigenvalue weighted by atomic mass is 16.6. The molecule has 52 heavy (non-hydrogen) atoms. The summed E-state index contributed by atoms with van der Waals surface area (Å²) in [6.45, 7) is 25.6. The first-order chi connectivity index (χ1) is 23.9. The maximum absolute atomic E-state index is 13.8. The number of aliphatic hydroxyl groups is 1. The molecule has 0 unspecified atom stereocenters. The molecule has 0 aliphatic heterocycles. The van der Waals surface area contributed by atoms with E-state index in [0.717, 1.165) is 56.9 Å². The van der Waals surface area contributed by atoms with Gasteiger partial charge in [0.2, 0.25) is 5.91 Å². The van der Waals surface area contributed by atoms with E-state index in [9.17, 15) is 24.3 Å². The lowest BCUT2D eigenvalue weighted by Gasteiger charge is -2.72. The standard InChI is InChI=1S/C44H69NO7/c1-27(2)35-29(47)25-44(20-17-33(48)45-23-24-46)22-21-42(11)28(36(35)44)13-14-31-41(10)18-16-32(40(8,9)30(41)15-19-43(31,42)12)51-34(49)26-39(6,7)37(50)52-38(3,4)5/h17,20,27-28,30-32,46H,13-16,18-19,21-26H2,1-12H3,(H,45,48)/b20-17+/t28-,30+,31-,32+,41+,42-,43-,44+/m1/s1. The largest absolute Gasteiger partial charge is 0.462 e. The van der Waals surface area contributed by atoms with Crippen LogP contribution in [-0.2, 0) is 28.7 Å². The van der Waals surface area contributed by atoms with E-state index >= 15 is 0 Å². The lowest BCUT2D eigenvalue weighted by Crippen LogP contribution is -2.65. The second-order valence-electron chi connectivity index (χ2n) is 20.6. The van der Waals surface area contributed by atoms with Gasteiger partial charge in [-0.3, -0.25) is 19.2 Å². The van der Waals surface area contributed by atoms with Crippen LogP contribution in [0.15, 0.2) is 23.3 Å². The first-order valence-electron chi connectivity index (χ1n) is 20.2. The van der Waals surface area contributed by atoms with Gasteiger partial charge in [0.05, 0.1) is 18.4 Å². The fourth-order valence-corrected chi connectivity index (χ4v) is 12.6. The van der Waals surface area contributed by atoms with Crippen molar-refractivity contribution in [3.8, 4) is 0 Å². The second kappa shape index (κ2) is 13.7. The highest BCUT2D eigenvalue weighted by Crippen LogP contribution is 2.77. The average Bonchev–Trinajstić information content (AvgIpc) is 3.32. The third-order valence-electron chi connectivity index (χ3n) is 15.2. The minimum Gasteiger partial charge on any atom is -0.462 e. The predicted molar refractivity (Wildman–Crippen MR) is 203 cm³/mol. The molecule has 0 aromatic rings. The van der Waals surface area contributed by atoms with E-state index in [1.807, 2.05) is 26.8 Å². The Balaban J connectivity index is 1.40. The van der Waals surface area contributed by atoms with Crippen molar-refractivity contribution in [3.63, 3.8) is 0 Å². The molecule has 8 atom stereocenters. The van der Waals surface area contributed by atoms with Crippen molar-refractivity contribution in [3.05, 3.63) is 23.3 Å². The lowest BCUT2D eigenvalue weighted by molar-refractivity contribution is -0.232. The number of fused-ring (bicyclic) bond motifs is 7. The molecular weight excluding hydrogens is 654 g/mol. The predicted octanol–water partition coefficient (Wildman–Crippen LogP) is 8.30. The summed E-state index contributed by atoms with van der Waals surface area (Å²) in [6.07, 6.45) is 11.8. The first-order valence-corrected chi connectivity index (χ1v) is 20.2. The molecule has 0 heterocycles. The van der Waals surface area contributed by atoms with Gasteiger partial charge in [-0.05, 0) is 143 Å². The van der Waals surface area contributed by atoms with Crippen molar-refractivity contribution in [2.24, 2.45) is 56.2 Å². The van der Waals surface area contributed by atoms with Crippen LogP contribution >= 0.6 is 0 Å². The van der Waals surface area contributed by atoms with Gasteiger partial charge in [0.1, 0.15) is 11.7 Å². The number of rotatable bonds is 9. The molecule has 5 aliphatic rings. The molecule has 8 nitrogen and oxygen atoms in total. The van der Waals surface area contributed by atoms with Crippen molar-refractivity contribution in [2.75, 3.05) is 13.2 Å². The topological polar surface area (TPSA) is 119 Å². The number of esters is 2. The fourth-order valence-electron chi connectivity index (χ4n) is 12.6. The number of allylic oxidation sites excluding steroid dienone is 3. The molecule has 0 saturated heterocycles. The number of ketones is 1. The van der Waals surface area contributed by atoms with Crippen molar-refractivity contribution in [2.45, 2.75) is 159 Å². The molecule has 8 heteroatoms. The number of nitrogens with one attached hydrogen (secondary N) is 1. The van der Waals surface area contributed by atoms with Gasteiger partial charge < -0.3 is 19.9 Å². The second-order valence-corrected chi connectivity index (χ2v) is 20.6. The minimum atomic E-state index is -0.979. The SMILES string of the molecule is CC(C)C1=C2[C@H]3CC[C@@H]4[C@@]5(C)CC[C@H](OC(=O)CC(C)(C)C(=O)OC(C)(C)C)C(C)(C)[C@@H]5CC[C@@]4(C)[C@]3(C)CC[C@@]2(/C=C/C(=O)NCCO)CC1=O. The summed E-state index contributed by atoms with van der Waals surface area (Å²) in [4.78, 5) is 52.9. The van der Waals surface area contributed by atoms with Gasteiger partial charge in [-0.15, -0.1) is 0 Å². The number of carbonyl (C=O) groups excluding carboxylic acids is 4. The maximum Gasteiger partial charge on any atom is 0.312 e. The molecule has 4 saturated carbocycles. The summed E-state index contributed by atoms with van der Waals surface area (Å²) in [5, 5.41) is 12.0. The number of carbonyl (C=O) groups is 4. The van der Waals surface area contributed by atoms with Gasteiger partial charge in [0.15, 0.2) is 5.78 Å². The number of hydrogen-bond acceptors (Lipinski definition) is 7. The summed E-state index contributed by atoms with van der Waals surface area (Å²) in [5.74, 6) is 0.560. The maximum atomic E-state index is 13.8. The number of hydrogen-bond donors (Lipinski definition) is 2. The van der Waals surface area contributed by atoms with Crippen molar-refractivity contribution < 1.29 is 33.8 Å². The van der Waals surface area contributed by atoms with Gasteiger partial charge in [-0.1, -0.05) is 54.5 Å². The van der Waals surface area contributed by atoms with E-state index in [1.54, 1.807) is 19.9 Å². The van der Waals surface area contributed by atoms with E-state index in [2.05, 4.69) is 53.8 Å². The van der Waals surface area contributed by atoms with Gasteiger partial charge in [0, 0.05) is 23.8 Å². The normalized spacial score (nSPS) is 37.2. The molecule has 0 aromatic heterocycles. The Kier molecular flexibility index (Phi) is 10.7. The highest BCUT2D eigenvalue weighted by molar-refractivity contribution is 6.01. The number of Topliss-reactive ketones (excluding diaryl/α,β-unsaturated/α-hetero) is 1. The molecule has 5 rings (SSSR count). The van der Waals surface area contributed by atoms with Gasteiger partial charge in [0.25, 0.3) is 0 Å². The van der Waals surface area contributed by atoms with Crippen molar-refractivity contribution in [1.82, 2.24) is 5.32 Å². The van der Waals surface area contributed by atoms with E-state index in [1.165, 1.54) is 5.57 Å². The van der Waals surface area contributed by atoms with Crippen molar-refractivity contribution >= 4 is 23.6 Å². The van der Waals surface area contributed by atoms with E-state index in [4.69, 9.17) is 9.47 Å². The Labute approximate surface area is 313 Å². The molecule has 0 bridgehead atoms. The van der Waals surface area contributed by atoms with Crippen LogP contribution in [0.5, 0.6) is 0 Å². The summed E-state index contributed by atoms with van der Waals surface area (Å²) < 4.78 is 11.9. The number of ether oxygens (including phenoxy) is 2. The Morgan fingerprint density at radius 2 is 1.58 bits per heavy atom. The van der Waals surface area contributed by atoms with Crippen LogP contribution < -0.4 is 5.32 Å². The molecule has 292 valence electrons. The lowest BCUT2D eigenvalue weighted by atomic mass is 9.33. The van der Waals surface area contributed by atoms with Gasteiger partial charge >= 0.3 is 11.9 Å². The molecular formula is C44H69NO7. The summed E-state index contributed by atoms with van der Waals surface area (Å²) in [7, 11) is 0. The van der Waals surface area contributed by atoms with Gasteiger partial charge in [-0.25, -0.2) is 0 Å². The molecule has 2 N–H and O–H groups in total. The monoisotopic (exact) mass is 724 g/mol. The molecule has 0 spiro atoms. The van der Waals surface area contributed by atoms with E-state index in [0.29, 0.717) is 18.3 Å². The Hall–Kier alpha value is -2.48. The molecule has 0 radical (unpaired) electrons. The van der Waals surface area contributed by atoms with Crippen LogP contribution in [0.4, 0.5) is 0 Å². The Morgan fingerprint density at radius 3 is 2.19 bits per heavy atom. The quantitative estimate of drug-likeness (QED) is 0.182. The zero-order valence-electron chi connectivity index (χ0n) is 34.4. The Morgan fingerprint density at radius 1 is 0.904 bits per heavy atom. The van der Waals surface area contributed by atoms with Crippen LogP contribution in [0.2, 0.25) is 0 Å². The van der Waals surface area contributed by atoms with Crippen LogP contribution in [0.25, 0.3) is 0 Å². The highest BCUT2D eigenvalue weighted by Gasteiger charge is 2.70. The fraction of sp³-hybridized carbons (Fsp3) is 0.818. The van der Waals surface area contributed by atoms with E-state index in [-0.39, 0.29) is 82.8 Å². The van der Waals surface area contributed by atoms with Crippen molar-refractivity contribution in [1.29, 1.82) is 0 Å². The minimum absolute atomic E-state index is 0.00117. The molecule has 5 aliphatic carbocycles. The van der Waals surface area contributed by atoms with Crippen LogP contribution in [0, 0.1) is 56.2 Å². The zero-order valence-corrected chi connectivity index (χ0v) is 34.4. The van der Waals surface area contributed by atoms with Crippen LogP contribution in [0.3, 0.4) is 0 Å². The summed E-state index contributed by atoms with van der Waals surface area (Å²) >= 11 is 0. The smallest absolute Gasteiger partial charge is 0.312 e. The average molecular weight is 724 g/mol. The van der Waals surface area contributed by atoms with Crippen LogP contribution in [-0.4, -0.2) is 53.6 Å². The third kappa shape index (κ3) is 6.74. The number of amides is 1. The van der Waals surface area contributed by atoms with E-state index < -0.39 is 16.4 Å². The summed E-state index contributed by atoms with van der Waals surface area (Å²) in [5.41, 5.74) is 0.181. The number of aliphatic hydroxyl groups excluding tert-OH is 1. The first kappa shape index (κ1) is 40.7. The summed E-state index contributed by atoms with van der Waals surface area (Å²) in [6, 6.07) is 0. The zero-order chi connectivity index (χ0) is 38.9. The Bertz CT molecular complexity index is 1510. The van der Waals surface area contributed by atoms with Crippen LogP contribution in [0.1, 0.15) is 147 Å². The third-order valence-corrected chi connectivity index (χ3v) is 15.2. The van der Waals surface area contributed by atoms with Gasteiger partial charge in [-0.2, -0.15) is 0 Å². The molecule has 4 fully saturated rings.